The molecule has 1 amide bonds. The van der Waals surface area contributed by atoms with Crippen LogP contribution in [0.1, 0.15) is 29.6 Å². The molecular weight excluding hydrogens is 346 g/mol. The number of pyridine rings is 1. The number of rotatable bonds is 3. The predicted molar refractivity (Wildman–Crippen MR) is 98.4 cm³/mol. The molecule has 1 spiro atoms. The molecule has 0 radical (unpaired) electrons. The first kappa shape index (κ1) is 17.4. The van der Waals surface area contributed by atoms with E-state index in [1.165, 1.54) is 18.3 Å². The Bertz CT molecular complexity index is 902. The number of hydrogen-bond acceptors (Lipinski definition) is 6. The zero-order valence-corrected chi connectivity index (χ0v) is 15.1. The maximum atomic E-state index is 12.7. The molecule has 0 unspecified atom stereocenters. The summed E-state index contributed by atoms with van der Waals surface area (Å²) in [6.07, 6.45) is 5.82. The summed E-state index contributed by atoms with van der Waals surface area (Å²) in [7, 11) is 1.87. The Labute approximate surface area is 156 Å². The van der Waals surface area contributed by atoms with Gasteiger partial charge in [0.15, 0.2) is 0 Å². The lowest BCUT2D eigenvalue weighted by Crippen LogP contribution is -2.48. The van der Waals surface area contributed by atoms with Crippen molar-refractivity contribution >= 4 is 17.8 Å². The van der Waals surface area contributed by atoms with Crippen LogP contribution in [0, 0.1) is 5.41 Å². The van der Waals surface area contributed by atoms with Crippen LogP contribution in [-0.4, -0.2) is 63.5 Å². The summed E-state index contributed by atoms with van der Waals surface area (Å²) < 4.78 is 0. The molecule has 1 atom stereocenters. The highest BCUT2D eigenvalue weighted by molar-refractivity contribution is 5.88. The summed E-state index contributed by atoms with van der Waals surface area (Å²) >= 11 is 0. The summed E-state index contributed by atoms with van der Waals surface area (Å²) in [5, 5.41) is 9.17. The summed E-state index contributed by atoms with van der Waals surface area (Å²) in [5.41, 5.74) is 0.876. The van der Waals surface area contributed by atoms with Crippen LogP contribution in [-0.2, 0) is 4.79 Å². The predicted octanol–water partition coefficient (Wildman–Crippen LogP) is 1.69. The van der Waals surface area contributed by atoms with Crippen LogP contribution in [0.25, 0.3) is 11.4 Å². The number of aromatic nitrogens is 3. The number of carboxylic acids is 1. The lowest BCUT2D eigenvalue weighted by molar-refractivity contribution is -0.143. The zero-order chi connectivity index (χ0) is 19.0. The van der Waals surface area contributed by atoms with E-state index in [2.05, 4.69) is 15.0 Å². The van der Waals surface area contributed by atoms with Crippen molar-refractivity contribution < 1.29 is 14.7 Å². The van der Waals surface area contributed by atoms with Crippen molar-refractivity contribution in [1.82, 2.24) is 19.9 Å². The van der Waals surface area contributed by atoms with Crippen LogP contribution in [0.2, 0.25) is 0 Å². The van der Waals surface area contributed by atoms with Gasteiger partial charge in [-0.1, -0.05) is 0 Å². The van der Waals surface area contributed by atoms with E-state index in [0.717, 1.165) is 32.4 Å². The molecule has 0 saturated carbocycles. The van der Waals surface area contributed by atoms with Gasteiger partial charge in [-0.25, -0.2) is 14.8 Å². The van der Waals surface area contributed by atoms with Crippen molar-refractivity contribution in [1.29, 1.82) is 0 Å². The van der Waals surface area contributed by atoms with Gasteiger partial charge in [0, 0.05) is 39.1 Å². The van der Waals surface area contributed by atoms with Crippen LogP contribution in [0.3, 0.4) is 0 Å². The fraction of sp³-hybridized carbons (Fsp3) is 0.421. The van der Waals surface area contributed by atoms with E-state index in [-0.39, 0.29) is 16.9 Å². The van der Waals surface area contributed by atoms with Gasteiger partial charge in [-0.2, -0.15) is 0 Å². The third-order valence-electron chi connectivity index (χ3n) is 5.50. The molecule has 8 heteroatoms. The number of piperidine rings is 1. The molecule has 8 nitrogen and oxygen atoms in total. The lowest BCUT2D eigenvalue weighted by atomic mass is 9.78. The lowest BCUT2D eigenvalue weighted by Gasteiger charge is -2.37. The summed E-state index contributed by atoms with van der Waals surface area (Å²) in [6, 6.07) is 4.66. The van der Waals surface area contributed by atoms with Crippen LogP contribution in [0.5, 0.6) is 0 Å². The number of amides is 1. The first-order valence-electron chi connectivity index (χ1n) is 9.02. The number of hydrogen-bond donors (Lipinski definition) is 1. The minimum absolute atomic E-state index is 0.163. The fourth-order valence-corrected chi connectivity index (χ4v) is 4.04. The van der Waals surface area contributed by atoms with Crippen LogP contribution >= 0.6 is 0 Å². The number of carbonyl (C=O) groups excluding carboxylic acids is 1. The van der Waals surface area contributed by atoms with Crippen molar-refractivity contribution in [3.05, 3.63) is 36.2 Å². The molecule has 2 aromatic heterocycles. The average Bonchev–Trinajstić information content (AvgIpc) is 3.11. The summed E-state index contributed by atoms with van der Waals surface area (Å²) in [4.78, 5) is 40.9. The van der Waals surface area contributed by atoms with E-state index in [1.54, 1.807) is 12.3 Å². The second-order valence-electron chi connectivity index (χ2n) is 7.26. The van der Waals surface area contributed by atoms with Crippen molar-refractivity contribution in [3.63, 3.8) is 0 Å². The molecule has 0 aliphatic carbocycles. The van der Waals surface area contributed by atoms with E-state index < -0.39 is 5.97 Å². The molecule has 27 heavy (non-hydrogen) atoms. The molecule has 4 heterocycles. The van der Waals surface area contributed by atoms with Gasteiger partial charge in [0.1, 0.15) is 0 Å². The van der Waals surface area contributed by atoms with Gasteiger partial charge < -0.3 is 14.9 Å². The third-order valence-corrected chi connectivity index (χ3v) is 5.50. The van der Waals surface area contributed by atoms with E-state index in [9.17, 15) is 9.59 Å². The Morgan fingerprint density at radius 3 is 2.78 bits per heavy atom. The number of likely N-dealkylation sites (tertiary alicyclic amines) is 1. The highest BCUT2D eigenvalue weighted by atomic mass is 16.4. The highest BCUT2D eigenvalue weighted by Crippen LogP contribution is 2.40. The second-order valence-corrected chi connectivity index (χ2v) is 7.26. The Morgan fingerprint density at radius 2 is 1.96 bits per heavy atom. The first-order chi connectivity index (χ1) is 13.0. The largest absolute Gasteiger partial charge is 0.478 e. The Kier molecular flexibility index (Phi) is 4.25. The molecule has 140 valence electrons. The molecule has 2 aliphatic rings. The molecule has 2 aromatic rings. The molecule has 2 aliphatic heterocycles. The van der Waals surface area contributed by atoms with Crippen LogP contribution < -0.4 is 4.90 Å². The van der Waals surface area contributed by atoms with E-state index in [1.807, 2.05) is 16.8 Å². The quantitative estimate of drug-likeness (QED) is 0.881. The molecule has 1 N–H and O–H groups in total. The maximum absolute atomic E-state index is 12.7. The van der Waals surface area contributed by atoms with Gasteiger partial charge in [0.25, 0.3) is 0 Å². The average molecular weight is 367 g/mol. The Morgan fingerprint density at radius 1 is 1.15 bits per heavy atom. The van der Waals surface area contributed by atoms with Gasteiger partial charge in [-0.15, -0.1) is 0 Å². The van der Waals surface area contributed by atoms with Crippen molar-refractivity contribution in [2.24, 2.45) is 5.41 Å². The number of anilines is 1. The van der Waals surface area contributed by atoms with Gasteiger partial charge in [-0.3, -0.25) is 9.78 Å². The molecular formula is C19H21N5O3. The van der Waals surface area contributed by atoms with E-state index in [4.69, 9.17) is 5.11 Å². The Hall–Kier alpha value is -3.03. The molecule has 0 bridgehead atoms. The van der Waals surface area contributed by atoms with Crippen LogP contribution in [0.15, 0.2) is 30.6 Å². The van der Waals surface area contributed by atoms with Gasteiger partial charge in [-0.05, 0) is 37.5 Å². The molecule has 4 rings (SSSR count). The molecule has 2 fully saturated rings. The highest BCUT2D eigenvalue weighted by Gasteiger charge is 2.48. The zero-order valence-electron chi connectivity index (χ0n) is 15.1. The monoisotopic (exact) mass is 367 g/mol. The maximum Gasteiger partial charge on any atom is 0.335 e. The second kappa shape index (κ2) is 6.61. The molecule has 2 saturated heterocycles. The normalized spacial score (nSPS) is 22.5. The standard InChI is InChI=1S/C19H21N5O3/c1-23-9-2-5-19(17(23)27)6-10-24(12-19)18-21-8-4-14(22-18)15-11-13(16(25)26)3-7-20-15/h3-4,7-8,11H,2,5-6,9-10,12H2,1H3,(H,25,26)/t19-/m0/s1. The minimum Gasteiger partial charge on any atom is -0.478 e. The number of aromatic carboxylic acids is 1. The van der Waals surface area contributed by atoms with Crippen molar-refractivity contribution in [2.45, 2.75) is 19.3 Å². The first-order valence-corrected chi connectivity index (χ1v) is 9.02. The minimum atomic E-state index is -1.01. The summed E-state index contributed by atoms with van der Waals surface area (Å²) in [5.74, 6) is -0.245. The van der Waals surface area contributed by atoms with Crippen molar-refractivity contribution in [3.8, 4) is 11.4 Å². The van der Waals surface area contributed by atoms with Gasteiger partial charge in [0.05, 0.1) is 22.4 Å². The topological polar surface area (TPSA) is 99.5 Å². The number of nitrogens with zero attached hydrogens (tertiary/aromatic N) is 5. The SMILES string of the molecule is CN1CCC[C@@]2(CCN(c3nccc(-c4cc(C(=O)O)ccn4)n3)C2)C1=O. The van der Waals surface area contributed by atoms with Crippen LogP contribution in [0.4, 0.5) is 5.95 Å². The van der Waals surface area contributed by atoms with Crippen molar-refractivity contribution in [2.75, 3.05) is 31.6 Å². The van der Waals surface area contributed by atoms with Gasteiger partial charge >= 0.3 is 5.97 Å². The Balaban J connectivity index is 1.60. The fourth-order valence-electron chi connectivity index (χ4n) is 4.04. The van der Waals surface area contributed by atoms with E-state index in [0.29, 0.717) is 23.9 Å². The number of carbonyl (C=O) groups is 2. The van der Waals surface area contributed by atoms with Gasteiger partial charge in [0.2, 0.25) is 11.9 Å². The third kappa shape index (κ3) is 3.11. The van der Waals surface area contributed by atoms with E-state index >= 15 is 0 Å². The number of carboxylic acid groups (broad SMARTS) is 1. The smallest absolute Gasteiger partial charge is 0.335 e. The molecule has 0 aromatic carbocycles. The summed E-state index contributed by atoms with van der Waals surface area (Å²) in [6.45, 7) is 2.16.